The monoisotopic (exact) mass is 390 g/mol. The molecule has 1 aliphatic rings. The van der Waals surface area contributed by atoms with E-state index in [4.69, 9.17) is 4.74 Å². The number of aromatic amines is 1. The number of carbonyl (C=O) groups excluding carboxylic acids is 2. The summed E-state index contributed by atoms with van der Waals surface area (Å²) in [5.74, 6) is -1.60. The predicted octanol–water partition coefficient (Wildman–Crippen LogP) is 0.752. The maximum absolute atomic E-state index is 12.7. The van der Waals surface area contributed by atoms with Gasteiger partial charge in [-0.05, 0) is 30.7 Å². The molecule has 1 N–H and O–H groups in total. The molecule has 0 saturated carbocycles. The molecular weight excluding hydrogens is 372 g/mol. The van der Waals surface area contributed by atoms with E-state index in [0.29, 0.717) is 12.1 Å². The average molecular weight is 390 g/mol. The van der Waals surface area contributed by atoms with E-state index in [9.17, 15) is 22.8 Å². The van der Waals surface area contributed by atoms with Crippen molar-refractivity contribution in [2.45, 2.75) is 12.5 Å². The largest absolute Gasteiger partial charge is 0.452 e. The van der Waals surface area contributed by atoms with E-state index in [-0.39, 0.29) is 17.1 Å². The van der Waals surface area contributed by atoms with Crippen LogP contribution >= 0.6 is 0 Å². The van der Waals surface area contributed by atoms with Crippen molar-refractivity contribution in [3.63, 3.8) is 0 Å². The normalized spacial score (nSPS) is 18.0. The number of H-pyrrole nitrogens is 1. The van der Waals surface area contributed by atoms with E-state index in [1.165, 1.54) is 23.2 Å². The number of aromatic nitrogens is 1. The molecule has 0 bridgehead atoms. The Kier molecular flexibility index (Phi) is 5.41. The quantitative estimate of drug-likeness (QED) is 0.754. The van der Waals surface area contributed by atoms with Gasteiger partial charge in [-0.2, -0.15) is 0 Å². The van der Waals surface area contributed by atoms with Gasteiger partial charge in [-0.15, -0.1) is 0 Å². The van der Waals surface area contributed by atoms with Crippen LogP contribution in [0.4, 0.5) is 5.69 Å². The van der Waals surface area contributed by atoms with Crippen LogP contribution in [-0.2, 0) is 19.4 Å². The van der Waals surface area contributed by atoms with Gasteiger partial charge in [-0.1, -0.05) is 18.2 Å². The van der Waals surface area contributed by atoms with Crippen LogP contribution in [0.1, 0.15) is 16.8 Å². The molecule has 0 aliphatic carbocycles. The Morgan fingerprint density at radius 1 is 1.15 bits per heavy atom. The standard InChI is InChI=1S/C18H18N2O6S/c21-16(11-26-18(23)15-7-4-9-19-17(15)22)20(13-5-2-1-3-6-13)14-8-10-27(24,25)12-14/h1-7,9,14H,8,10-12H2,(H,19,22)/t14-/m1/s1. The molecule has 8 nitrogen and oxygen atoms in total. The summed E-state index contributed by atoms with van der Waals surface area (Å²) < 4.78 is 28.6. The van der Waals surface area contributed by atoms with Crippen LogP contribution in [0.25, 0.3) is 0 Å². The highest BCUT2D eigenvalue weighted by Crippen LogP contribution is 2.24. The molecule has 27 heavy (non-hydrogen) atoms. The van der Waals surface area contributed by atoms with Gasteiger partial charge in [-0.3, -0.25) is 9.59 Å². The van der Waals surface area contributed by atoms with Crippen LogP contribution in [-0.4, -0.2) is 49.4 Å². The highest BCUT2D eigenvalue weighted by atomic mass is 32.2. The minimum atomic E-state index is -3.21. The van der Waals surface area contributed by atoms with E-state index in [0.717, 1.165) is 0 Å². The lowest BCUT2D eigenvalue weighted by molar-refractivity contribution is -0.122. The Bertz CT molecular complexity index is 1000. The molecule has 3 rings (SSSR count). The molecule has 1 atom stereocenters. The van der Waals surface area contributed by atoms with Gasteiger partial charge in [0.1, 0.15) is 5.56 Å². The summed E-state index contributed by atoms with van der Waals surface area (Å²) in [6.45, 7) is -0.599. The second-order valence-electron chi connectivity index (χ2n) is 6.15. The maximum Gasteiger partial charge on any atom is 0.344 e. The molecule has 0 unspecified atom stereocenters. The summed E-state index contributed by atoms with van der Waals surface area (Å²) in [5.41, 5.74) is -0.296. The Balaban J connectivity index is 1.77. The van der Waals surface area contributed by atoms with Gasteiger partial charge in [0, 0.05) is 11.9 Å². The van der Waals surface area contributed by atoms with Crippen LogP contribution in [0, 0.1) is 0 Å². The number of benzene rings is 1. The lowest BCUT2D eigenvalue weighted by Crippen LogP contribution is -2.43. The zero-order valence-electron chi connectivity index (χ0n) is 14.3. The number of hydrogen-bond donors (Lipinski definition) is 1. The summed E-state index contributed by atoms with van der Waals surface area (Å²) >= 11 is 0. The van der Waals surface area contributed by atoms with Crippen molar-refractivity contribution < 1.29 is 22.7 Å². The van der Waals surface area contributed by atoms with Crippen molar-refractivity contribution in [3.8, 4) is 0 Å². The molecule has 0 spiro atoms. The number of amides is 1. The number of ether oxygens (including phenoxy) is 1. The topological polar surface area (TPSA) is 114 Å². The highest BCUT2D eigenvalue weighted by molar-refractivity contribution is 7.91. The first-order chi connectivity index (χ1) is 12.9. The van der Waals surface area contributed by atoms with E-state index in [2.05, 4.69) is 4.98 Å². The van der Waals surface area contributed by atoms with Crippen molar-refractivity contribution in [2.75, 3.05) is 23.0 Å². The molecule has 1 saturated heterocycles. The first-order valence-electron chi connectivity index (χ1n) is 8.30. The zero-order valence-corrected chi connectivity index (χ0v) is 15.1. The van der Waals surface area contributed by atoms with Crippen molar-refractivity contribution in [1.82, 2.24) is 4.98 Å². The van der Waals surface area contributed by atoms with Gasteiger partial charge in [0.25, 0.3) is 11.5 Å². The van der Waals surface area contributed by atoms with E-state index in [1.807, 2.05) is 0 Å². The fourth-order valence-corrected chi connectivity index (χ4v) is 4.68. The molecule has 9 heteroatoms. The molecule has 1 aromatic heterocycles. The number of para-hydroxylation sites is 1. The van der Waals surface area contributed by atoms with Crippen LogP contribution < -0.4 is 10.5 Å². The zero-order chi connectivity index (χ0) is 19.4. The Morgan fingerprint density at radius 2 is 1.89 bits per heavy atom. The highest BCUT2D eigenvalue weighted by Gasteiger charge is 2.35. The van der Waals surface area contributed by atoms with Crippen molar-refractivity contribution in [1.29, 1.82) is 0 Å². The van der Waals surface area contributed by atoms with Crippen LogP contribution in [0.5, 0.6) is 0 Å². The number of esters is 1. The molecule has 1 amide bonds. The van der Waals surface area contributed by atoms with Gasteiger partial charge in [-0.25, -0.2) is 13.2 Å². The Hall–Kier alpha value is -2.94. The lowest BCUT2D eigenvalue weighted by atomic mass is 10.2. The first-order valence-corrected chi connectivity index (χ1v) is 10.1. The second kappa shape index (κ2) is 7.75. The Morgan fingerprint density at radius 3 is 2.52 bits per heavy atom. The Labute approximate surface area is 155 Å². The minimum Gasteiger partial charge on any atom is -0.452 e. The number of sulfone groups is 1. The third kappa shape index (κ3) is 4.43. The first kappa shape index (κ1) is 18.8. The summed E-state index contributed by atoms with van der Waals surface area (Å²) in [6.07, 6.45) is 1.69. The van der Waals surface area contributed by atoms with Gasteiger partial charge in [0.05, 0.1) is 17.5 Å². The van der Waals surface area contributed by atoms with Crippen molar-refractivity contribution in [2.24, 2.45) is 0 Å². The van der Waals surface area contributed by atoms with Gasteiger partial charge in [0.15, 0.2) is 16.4 Å². The summed E-state index contributed by atoms with van der Waals surface area (Å²) in [6, 6.07) is 10.9. The van der Waals surface area contributed by atoms with Gasteiger partial charge < -0.3 is 14.6 Å². The number of hydrogen-bond acceptors (Lipinski definition) is 6. The fraction of sp³-hybridized carbons (Fsp3) is 0.278. The molecule has 142 valence electrons. The molecular formula is C18H18N2O6S. The maximum atomic E-state index is 12.7. The second-order valence-corrected chi connectivity index (χ2v) is 8.37. The summed E-state index contributed by atoms with van der Waals surface area (Å²) in [4.78, 5) is 40.1. The fourth-order valence-electron chi connectivity index (χ4n) is 2.98. The number of anilines is 1. The number of pyridine rings is 1. The van der Waals surface area contributed by atoms with Crippen molar-refractivity contribution in [3.05, 3.63) is 64.6 Å². The van der Waals surface area contributed by atoms with Crippen LogP contribution in [0.15, 0.2) is 53.5 Å². The minimum absolute atomic E-state index is 0.00740. The molecule has 2 aromatic rings. The van der Waals surface area contributed by atoms with Crippen molar-refractivity contribution >= 4 is 27.4 Å². The van der Waals surface area contributed by atoms with Crippen LogP contribution in [0.3, 0.4) is 0 Å². The summed E-state index contributed by atoms with van der Waals surface area (Å²) in [7, 11) is -3.21. The predicted molar refractivity (Wildman–Crippen MR) is 98.3 cm³/mol. The molecule has 0 radical (unpaired) electrons. The molecule has 2 heterocycles. The number of nitrogens with zero attached hydrogens (tertiary/aromatic N) is 1. The van der Waals surface area contributed by atoms with E-state index in [1.54, 1.807) is 30.3 Å². The lowest BCUT2D eigenvalue weighted by Gasteiger charge is -2.28. The molecule has 1 aromatic carbocycles. The summed E-state index contributed by atoms with van der Waals surface area (Å²) in [5, 5.41) is 0. The average Bonchev–Trinajstić information content (AvgIpc) is 3.00. The number of rotatable bonds is 5. The molecule has 1 fully saturated rings. The number of carbonyl (C=O) groups is 2. The smallest absolute Gasteiger partial charge is 0.344 e. The SMILES string of the molecule is O=C(OCC(=O)N(c1ccccc1)[C@@H]1CCS(=O)(=O)C1)c1ccc[nH]c1=O. The third-order valence-corrected chi connectivity index (χ3v) is 5.99. The van der Waals surface area contributed by atoms with Gasteiger partial charge >= 0.3 is 5.97 Å². The number of nitrogens with one attached hydrogen (secondary N) is 1. The van der Waals surface area contributed by atoms with Gasteiger partial charge in [0.2, 0.25) is 0 Å². The van der Waals surface area contributed by atoms with Crippen LogP contribution in [0.2, 0.25) is 0 Å². The molecule has 1 aliphatic heterocycles. The van der Waals surface area contributed by atoms with E-state index < -0.39 is 39.9 Å². The third-order valence-electron chi connectivity index (χ3n) is 4.24. The van der Waals surface area contributed by atoms with E-state index >= 15 is 0 Å².